The molecule has 0 spiro atoms. The minimum absolute atomic E-state index is 0.0330. The molecule has 0 rings (SSSR count). The zero-order chi connectivity index (χ0) is 40.7. The number of nitrogens with zero attached hydrogens (tertiary/aromatic N) is 1. The number of carbonyl (C=O) groups excluding carboxylic acids is 2. The second kappa shape index (κ2) is 38.3. The molecule has 0 aliphatic rings. The summed E-state index contributed by atoms with van der Waals surface area (Å²) in [7, 11) is 1.48. The average Bonchev–Trinajstić information content (AvgIpc) is 3.13. The van der Waals surface area contributed by atoms with Crippen molar-refractivity contribution in [2.75, 3.05) is 47.5 Å². The highest BCUT2D eigenvalue weighted by Crippen LogP contribution is 2.43. The Morgan fingerprint density at radius 3 is 1.42 bits per heavy atom. The van der Waals surface area contributed by atoms with Crippen LogP contribution in [0.1, 0.15) is 213 Å². The molecule has 0 radical (unpaired) electrons. The molecular weight excluding hydrogens is 713 g/mol. The second-order valence-corrected chi connectivity index (χ2v) is 18.2. The van der Waals surface area contributed by atoms with Crippen LogP contribution in [0.25, 0.3) is 0 Å². The van der Waals surface area contributed by atoms with Gasteiger partial charge in [-0.3, -0.25) is 18.6 Å². The van der Waals surface area contributed by atoms with Gasteiger partial charge in [0.25, 0.3) is 0 Å². The smallest absolute Gasteiger partial charge is 0.462 e. The predicted molar refractivity (Wildman–Crippen MR) is 229 cm³/mol. The fraction of sp³-hybridized carbons (Fsp3) is 0.911. The molecule has 0 amide bonds. The van der Waals surface area contributed by atoms with Crippen LogP contribution in [0.4, 0.5) is 0 Å². The Hall–Kier alpha value is -1.25. The molecule has 2 unspecified atom stereocenters. The number of esters is 2. The van der Waals surface area contributed by atoms with Crippen molar-refractivity contribution >= 4 is 19.8 Å². The summed E-state index contributed by atoms with van der Waals surface area (Å²) < 4.78 is 34.3. The Morgan fingerprint density at radius 2 is 0.964 bits per heavy atom. The Morgan fingerprint density at radius 1 is 0.545 bits per heavy atom. The fourth-order valence-corrected chi connectivity index (χ4v) is 7.17. The van der Waals surface area contributed by atoms with Crippen LogP contribution < -0.4 is 0 Å². The predicted octanol–water partition coefficient (Wildman–Crippen LogP) is 13.0. The first kappa shape index (κ1) is 53.8. The monoisotopic (exact) mass is 803 g/mol. The van der Waals surface area contributed by atoms with Crippen molar-refractivity contribution in [1.82, 2.24) is 0 Å². The topological polar surface area (TPSA) is 108 Å². The van der Waals surface area contributed by atoms with E-state index < -0.39 is 26.5 Å². The van der Waals surface area contributed by atoms with E-state index in [4.69, 9.17) is 18.5 Å². The molecule has 10 heteroatoms. The van der Waals surface area contributed by atoms with Gasteiger partial charge in [-0.05, 0) is 32.1 Å². The van der Waals surface area contributed by atoms with Gasteiger partial charge in [-0.15, -0.1) is 0 Å². The van der Waals surface area contributed by atoms with Crippen molar-refractivity contribution in [2.45, 2.75) is 219 Å². The van der Waals surface area contributed by atoms with Crippen LogP contribution >= 0.6 is 7.82 Å². The largest absolute Gasteiger partial charge is 0.472 e. The minimum atomic E-state index is -4.37. The quantitative estimate of drug-likeness (QED) is 0.0214. The number of ether oxygens (including phenoxy) is 2. The number of phosphoric ester groups is 1. The molecular formula is C45H89NO8P+. The fourth-order valence-electron chi connectivity index (χ4n) is 6.43. The van der Waals surface area contributed by atoms with Gasteiger partial charge in [-0.2, -0.15) is 0 Å². The van der Waals surface area contributed by atoms with Crippen LogP contribution in [0, 0.1) is 0 Å². The molecule has 9 nitrogen and oxygen atoms in total. The molecule has 0 fully saturated rings. The van der Waals surface area contributed by atoms with Crippen molar-refractivity contribution in [3.63, 3.8) is 0 Å². The number of hydrogen-bond donors (Lipinski definition) is 1. The standard InChI is InChI=1S/C45H88NO8P/c1-6-8-10-12-14-16-18-19-20-21-22-23-24-25-26-27-28-30-31-33-35-37-44(47)51-41-43(42-53-55(49,50)52-40-39-46(3,4)5)54-45(48)38-36-34-32-29-17-15-13-11-9-7-2/h11,13,43H,6-10,12,14-42H2,1-5H3/p+1/b13-11-. The third-order valence-electron chi connectivity index (χ3n) is 10.0. The number of phosphoric acid groups is 1. The first-order valence-corrected chi connectivity index (χ1v) is 24.4. The summed E-state index contributed by atoms with van der Waals surface area (Å²) >= 11 is 0. The summed E-state index contributed by atoms with van der Waals surface area (Å²) in [5.74, 6) is -0.801. The van der Waals surface area contributed by atoms with Crippen LogP contribution in [-0.4, -0.2) is 74.9 Å². The number of quaternary nitrogens is 1. The van der Waals surface area contributed by atoms with Crippen LogP contribution in [-0.2, 0) is 32.7 Å². The van der Waals surface area contributed by atoms with Gasteiger partial charge in [0.15, 0.2) is 6.10 Å². The summed E-state index contributed by atoms with van der Waals surface area (Å²) in [4.78, 5) is 35.3. The molecule has 0 heterocycles. The van der Waals surface area contributed by atoms with E-state index in [1.54, 1.807) is 0 Å². The number of hydrogen-bond acceptors (Lipinski definition) is 7. The Kier molecular flexibility index (Phi) is 37.4. The maximum Gasteiger partial charge on any atom is 0.472 e. The van der Waals surface area contributed by atoms with Crippen LogP contribution in [0.3, 0.4) is 0 Å². The number of unbranched alkanes of at least 4 members (excludes halogenated alkanes) is 26. The van der Waals surface area contributed by atoms with Gasteiger partial charge in [-0.1, -0.05) is 180 Å². The van der Waals surface area contributed by atoms with E-state index in [-0.39, 0.29) is 25.6 Å². The van der Waals surface area contributed by atoms with Gasteiger partial charge < -0.3 is 18.9 Å². The molecule has 55 heavy (non-hydrogen) atoms. The molecule has 0 saturated carbocycles. The molecule has 0 aromatic heterocycles. The van der Waals surface area contributed by atoms with Crippen molar-refractivity contribution in [3.05, 3.63) is 12.2 Å². The normalized spacial score (nSPS) is 13.6. The van der Waals surface area contributed by atoms with Gasteiger partial charge in [0.05, 0.1) is 27.7 Å². The van der Waals surface area contributed by atoms with E-state index in [0.29, 0.717) is 23.9 Å². The van der Waals surface area contributed by atoms with Crippen LogP contribution in [0.2, 0.25) is 0 Å². The minimum Gasteiger partial charge on any atom is -0.462 e. The van der Waals surface area contributed by atoms with E-state index in [0.717, 1.165) is 57.8 Å². The summed E-state index contributed by atoms with van der Waals surface area (Å²) in [5, 5.41) is 0. The molecule has 1 N–H and O–H groups in total. The molecule has 0 aromatic rings. The number of carbonyl (C=O) groups is 2. The summed E-state index contributed by atoms with van der Waals surface area (Å²) in [6.45, 7) is 4.37. The lowest BCUT2D eigenvalue weighted by molar-refractivity contribution is -0.870. The van der Waals surface area contributed by atoms with E-state index in [2.05, 4.69) is 26.0 Å². The van der Waals surface area contributed by atoms with Crippen LogP contribution in [0.5, 0.6) is 0 Å². The first-order chi connectivity index (χ1) is 26.5. The van der Waals surface area contributed by atoms with Gasteiger partial charge >= 0.3 is 19.8 Å². The maximum atomic E-state index is 12.6. The van der Waals surface area contributed by atoms with Gasteiger partial charge in [0.2, 0.25) is 0 Å². The Bertz CT molecular complexity index is 954. The van der Waals surface area contributed by atoms with Crippen molar-refractivity contribution in [1.29, 1.82) is 0 Å². The zero-order valence-corrected chi connectivity index (χ0v) is 37.6. The Labute approximate surface area is 339 Å². The third-order valence-corrected chi connectivity index (χ3v) is 11.0. The van der Waals surface area contributed by atoms with Crippen molar-refractivity contribution in [2.24, 2.45) is 0 Å². The number of likely N-dealkylation sites (N-methyl/N-ethyl adjacent to an activating group) is 1. The lowest BCUT2D eigenvalue weighted by atomic mass is 10.0. The zero-order valence-electron chi connectivity index (χ0n) is 36.7. The summed E-state index contributed by atoms with van der Waals surface area (Å²) in [5.41, 5.74) is 0. The SMILES string of the molecule is CCC/C=C\CCCCCCCC(=O)OC(COC(=O)CCCCCCCCCCCCCCCCCCCCCCC)COP(=O)(O)OCC[N+](C)(C)C. The molecule has 0 bridgehead atoms. The highest BCUT2D eigenvalue weighted by molar-refractivity contribution is 7.47. The van der Waals surface area contributed by atoms with Gasteiger partial charge in [-0.25, -0.2) is 4.57 Å². The average molecular weight is 803 g/mol. The summed E-state index contributed by atoms with van der Waals surface area (Å²) in [6, 6.07) is 0. The second-order valence-electron chi connectivity index (χ2n) is 16.8. The lowest BCUT2D eigenvalue weighted by Gasteiger charge is -2.24. The van der Waals surface area contributed by atoms with Gasteiger partial charge in [0.1, 0.15) is 19.8 Å². The Balaban J connectivity index is 4.17. The van der Waals surface area contributed by atoms with Crippen LogP contribution in [0.15, 0.2) is 12.2 Å². The molecule has 2 atom stereocenters. The van der Waals surface area contributed by atoms with Gasteiger partial charge in [0, 0.05) is 12.8 Å². The lowest BCUT2D eigenvalue weighted by Crippen LogP contribution is -2.37. The molecule has 0 aliphatic carbocycles. The van der Waals surface area contributed by atoms with E-state index >= 15 is 0 Å². The maximum absolute atomic E-state index is 12.6. The molecule has 0 saturated heterocycles. The van der Waals surface area contributed by atoms with Crippen molar-refractivity contribution < 1.29 is 42.1 Å². The highest BCUT2D eigenvalue weighted by Gasteiger charge is 2.27. The van der Waals surface area contributed by atoms with E-state index in [9.17, 15) is 19.0 Å². The molecule has 0 aromatic carbocycles. The summed E-state index contributed by atoms with van der Waals surface area (Å²) in [6.07, 6.45) is 39.9. The number of rotatable bonds is 42. The molecule has 326 valence electrons. The van der Waals surface area contributed by atoms with Crippen molar-refractivity contribution in [3.8, 4) is 0 Å². The third kappa shape index (κ3) is 42.2. The highest BCUT2D eigenvalue weighted by atomic mass is 31.2. The van der Waals surface area contributed by atoms with E-state index in [1.807, 2.05) is 21.1 Å². The number of allylic oxidation sites excluding steroid dienone is 2. The van der Waals surface area contributed by atoms with E-state index in [1.165, 1.54) is 122 Å². The first-order valence-electron chi connectivity index (χ1n) is 22.9. The molecule has 0 aliphatic heterocycles.